The SMILES string of the molecule is O=[N+]([O-])c1cccc2sc(O)cc12. The molecule has 0 radical (unpaired) electrons. The molecular weight excluding hydrogens is 190 g/mol. The molecule has 4 nitrogen and oxygen atoms in total. The molecule has 1 N–H and O–H groups in total. The summed E-state index contributed by atoms with van der Waals surface area (Å²) in [6.07, 6.45) is 0. The number of rotatable bonds is 1. The van der Waals surface area contributed by atoms with Crippen LogP contribution in [0.1, 0.15) is 0 Å². The quantitative estimate of drug-likeness (QED) is 0.561. The summed E-state index contributed by atoms with van der Waals surface area (Å²) >= 11 is 1.13. The molecule has 2 aromatic rings. The van der Waals surface area contributed by atoms with Crippen LogP contribution in [-0.2, 0) is 0 Å². The first kappa shape index (κ1) is 8.00. The average molecular weight is 195 g/mol. The Kier molecular flexibility index (Phi) is 1.66. The number of aromatic hydroxyl groups is 1. The topological polar surface area (TPSA) is 63.4 Å². The molecule has 1 aromatic carbocycles. The number of hydrogen-bond acceptors (Lipinski definition) is 4. The number of nitrogens with zero attached hydrogens (tertiary/aromatic N) is 1. The zero-order valence-corrected chi connectivity index (χ0v) is 7.25. The molecule has 0 aliphatic carbocycles. The van der Waals surface area contributed by atoms with Gasteiger partial charge in [-0.3, -0.25) is 10.1 Å². The minimum atomic E-state index is -0.450. The second-order valence-corrected chi connectivity index (χ2v) is 3.59. The number of thiophene rings is 1. The Hall–Kier alpha value is -1.62. The number of hydrogen-bond donors (Lipinski definition) is 1. The van der Waals surface area contributed by atoms with E-state index in [0.29, 0.717) is 5.39 Å². The number of nitro benzene ring substituents is 1. The minimum Gasteiger partial charge on any atom is -0.499 e. The molecule has 1 aromatic heterocycles. The first-order valence-corrected chi connectivity index (χ1v) is 4.36. The summed E-state index contributed by atoms with van der Waals surface area (Å²) in [7, 11) is 0. The van der Waals surface area contributed by atoms with Gasteiger partial charge in [0.2, 0.25) is 0 Å². The summed E-state index contributed by atoms with van der Waals surface area (Å²) in [5.41, 5.74) is 0.0362. The minimum absolute atomic E-state index is 0.0362. The van der Waals surface area contributed by atoms with Crippen molar-refractivity contribution in [1.82, 2.24) is 0 Å². The number of fused-ring (bicyclic) bond motifs is 1. The molecule has 0 bridgehead atoms. The zero-order valence-electron chi connectivity index (χ0n) is 6.43. The number of nitro groups is 1. The third kappa shape index (κ3) is 1.23. The van der Waals surface area contributed by atoms with Crippen LogP contribution in [0.15, 0.2) is 24.3 Å². The fraction of sp³-hybridized carbons (Fsp3) is 0. The summed E-state index contributed by atoms with van der Waals surface area (Å²) in [4.78, 5) is 10.1. The highest BCUT2D eigenvalue weighted by Gasteiger charge is 2.13. The Morgan fingerprint density at radius 1 is 1.46 bits per heavy atom. The molecule has 2 rings (SSSR count). The van der Waals surface area contributed by atoms with Crippen molar-refractivity contribution >= 4 is 27.1 Å². The third-order valence-corrected chi connectivity index (χ3v) is 2.63. The van der Waals surface area contributed by atoms with E-state index in [1.807, 2.05) is 0 Å². The van der Waals surface area contributed by atoms with Crippen LogP contribution in [0.5, 0.6) is 5.06 Å². The Bertz CT molecular complexity index is 477. The lowest BCUT2D eigenvalue weighted by atomic mass is 10.2. The normalized spacial score (nSPS) is 10.5. The van der Waals surface area contributed by atoms with E-state index in [0.717, 1.165) is 16.0 Å². The molecule has 0 aliphatic heterocycles. The highest BCUT2D eigenvalue weighted by molar-refractivity contribution is 7.20. The van der Waals surface area contributed by atoms with E-state index in [-0.39, 0.29) is 10.8 Å². The summed E-state index contributed by atoms with van der Waals surface area (Å²) in [5, 5.41) is 20.3. The molecule has 0 saturated carbocycles. The molecule has 66 valence electrons. The second kappa shape index (κ2) is 2.70. The van der Waals surface area contributed by atoms with Gasteiger partial charge in [-0.15, -0.1) is 0 Å². The van der Waals surface area contributed by atoms with Crippen LogP contribution in [0.4, 0.5) is 5.69 Å². The van der Waals surface area contributed by atoms with Gasteiger partial charge in [-0.2, -0.15) is 0 Å². The van der Waals surface area contributed by atoms with Gasteiger partial charge in [0.1, 0.15) is 0 Å². The fourth-order valence-corrected chi connectivity index (χ4v) is 2.01. The molecule has 0 amide bonds. The zero-order chi connectivity index (χ0) is 9.42. The maximum absolute atomic E-state index is 10.6. The predicted molar refractivity (Wildman–Crippen MR) is 50.1 cm³/mol. The molecule has 1 heterocycles. The van der Waals surface area contributed by atoms with Crippen LogP contribution in [0.2, 0.25) is 0 Å². The summed E-state index contributed by atoms with van der Waals surface area (Å²) in [5.74, 6) is 0. The van der Waals surface area contributed by atoms with Crippen LogP contribution in [-0.4, -0.2) is 10.0 Å². The number of benzene rings is 1. The van der Waals surface area contributed by atoms with Crippen LogP contribution in [0, 0.1) is 10.1 Å². The van der Waals surface area contributed by atoms with Crippen LogP contribution < -0.4 is 0 Å². The van der Waals surface area contributed by atoms with E-state index in [1.165, 1.54) is 12.1 Å². The molecular formula is C8H5NO3S. The lowest BCUT2D eigenvalue weighted by Gasteiger charge is -1.91. The maximum atomic E-state index is 10.6. The summed E-state index contributed by atoms with van der Waals surface area (Å²) in [6, 6.07) is 6.19. The van der Waals surface area contributed by atoms with E-state index in [1.54, 1.807) is 12.1 Å². The van der Waals surface area contributed by atoms with Gasteiger partial charge >= 0.3 is 0 Å². The van der Waals surface area contributed by atoms with Gasteiger partial charge in [0.25, 0.3) is 5.69 Å². The van der Waals surface area contributed by atoms with Crippen molar-refractivity contribution in [3.63, 3.8) is 0 Å². The molecule has 0 saturated heterocycles. The van der Waals surface area contributed by atoms with Gasteiger partial charge in [0, 0.05) is 16.8 Å². The second-order valence-electron chi connectivity index (χ2n) is 2.53. The maximum Gasteiger partial charge on any atom is 0.278 e. The van der Waals surface area contributed by atoms with Crippen molar-refractivity contribution in [3.05, 3.63) is 34.4 Å². The van der Waals surface area contributed by atoms with Gasteiger partial charge in [0.05, 0.1) is 10.3 Å². The van der Waals surface area contributed by atoms with Gasteiger partial charge < -0.3 is 5.11 Å². The van der Waals surface area contributed by atoms with Crippen LogP contribution >= 0.6 is 11.3 Å². The highest BCUT2D eigenvalue weighted by Crippen LogP contribution is 2.35. The van der Waals surface area contributed by atoms with E-state index in [2.05, 4.69) is 0 Å². The Balaban J connectivity index is 2.82. The number of non-ortho nitro benzene ring substituents is 1. The average Bonchev–Trinajstić information content (AvgIpc) is 2.43. The van der Waals surface area contributed by atoms with Crippen molar-refractivity contribution in [2.45, 2.75) is 0 Å². The molecule has 0 atom stereocenters. The van der Waals surface area contributed by atoms with E-state index in [4.69, 9.17) is 5.11 Å². The fourth-order valence-electron chi connectivity index (χ4n) is 1.19. The van der Waals surface area contributed by atoms with Crippen LogP contribution in [0.25, 0.3) is 10.1 Å². The smallest absolute Gasteiger partial charge is 0.278 e. The summed E-state index contributed by atoms with van der Waals surface area (Å²) < 4.78 is 0.728. The van der Waals surface area contributed by atoms with Crippen molar-refractivity contribution in [2.75, 3.05) is 0 Å². The first-order chi connectivity index (χ1) is 6.18. The Morgan fingerprint density at radius 3 is 2.92 bits per heavy atom. The standard InChI is InChI=1S/C8H5NO3S/c10-8-4-5-6(9(11)12)2-1-3-7(5)13-8/h1-4,10H. The van der Waals surface area contributed by atoms with Gasteiger partial charge in [-0.25, -0.2) is 0 Å². The molecule has 0 unspecified atom stereocenters. The lowest BCUT2D eigenvalue weighted by Crippen LogP contribution is -1.86. The van der Waals surface area contributed by atoms with Crippen molar-refractivity contribution in [3.8, 4) is 5.06 Å². The largest absolute Gasteiger partial charge is 0.499 e. The van der Waals surface area contributed by atoms with Crippen molar-refractivity contribution in [2.24, 2.45) is 0 Å². The first-order valence-electron chi connectivity index (χ1n) is 3.54. The molecule has 0 spiro atoms. The van der Waals surface area contributed by atoms with E-state index >= 15 is 0 Å². The Labute approximate surface area is 77.2 Å². The predicted octanol–water partition coefficient (Wildman–Crippen LogP) is 2.52. The van der Waals surface area contributed by atoms with Gasteiger partial charge in [-0.05, 0) is 6.07 Å². The molecule has 13 heavy (non-hydrogen) atoms. The van der Waals surface area contributed by atoms with Crippen LogP contribution in [0.3, 0.4) is 0 Å². The van der Waals surface area contributed by atoms with Gasteiger partial charge in [-0.1, -0.05) is 17.4 Å². The highest BCUT2D eigenvalue weighted by atomic mass is 32.1. The van der Waals surface area contributed by atoms with Gasteiger partial charge in [0.15, 0.2) is 5.06 Å². The molecule has 0 fully saturated rings. The van der Waals surface area contributed by atoms with E-state index in [9.17, 15) is 10.1 Å². The molecule has 0 aliphatic rings. The Morgan fingerprint density at radius 2 is 2.23 bits per heavy atom. The summed E-state index contributed by atoms with van der Waals surface area (Å²) in [6.45, 7) is 0. The monoisotopic (exact) mass is 195 g/mol. The van der Waals surface area contributed by atoms with Crippen molar-refractivity contribution < 1.29 is 10.0 Å². The lowest BCUT2D eigenvalue weighted by molar-refractivity contribution is -0.383. The van der Waals surface area contributed by atoms with Crippen molar-refractivity contribution in [1.29, 1.82) is 0 Å². The molecule has 5 heteroatoms. The van der Waals surface area contributed by atoms with E-state index < -0.39 is 4.92 Å². The third-order valence-electron chi connectivity index (χ3n) is 1.72.